The highest BCUT2D eigenvalue weighted by atomic mass is 28.3. The number of hydrazine groups is 2. The van der Waals surface area contributed by atoms with Gasteiger partial charge in [0.05, 0.1) is 0 Å². The summed E-state index contributed by atoms with van der Waals surface area (Å²) in [5, 5.41) is 5.46. The van der Waals surface area contributed by atoms with Gasteiger partial charge in [0, 0.05) is 0 Å². The van der Waals surface area contributed by atoms with Crippen LogP contribution in [0.25, 0.3) is 0 Å². The van der Waals surface area contributed by atoms with E-state index in [4.69, 9.17) is 0 Å². The summed E-state index contributed by atoms with van der Waals surface area (Å²) in [4.78, 5) is 19.7. The molecule has 0 radical (unpaired) electrons. The van der Waals surface area contributed by atoms with Crippen LogP contribution in [0.4, 0.5) is 0 Å². The van der Waals surface area contributed by atoms with Crippen molar-refractivity contribution in [2.75, 3.05) is 0 Å². The number of carbonyl (C=O) groups excluding carboxylic acids is 2. The van der Waals surface area contributed by atoms with Crippen molar-refractivity contribution in [2.45, 2.75) is 13.1 Å². The van der Waals surface area contributed by atoms with Crippen molar-refractivity contribution >= 4 is 21.2 Å². The molecule has 0 unspecified atom stereocenters. The van der Waals surface area contributed by atoms with E-state index >= 15 is 0 Å². The van der Waals surface area contributed by atoms with Crippen molar-refractivity contribution < 1.29 is 9.59 Å². The second-order valence-corrected chi connectivity index (χ2v) is 6.15. The Morgan fingerprint density at radius 3 is 1.64 bits per heavy atom. The van der Waals surface area contributed by atoms with Crippen molar-refractivity contribution in [3.8, 4) is 0 Å². The molecule has 6 nitrogen and oxygen atoms in total. The van der Waals surface area contributed by atoms with Crippen LogP contribution in [0.3, 0.4) is 0 Å². The summed E-state index contributed by atoms with van der Waals surface area (Å²) >= 11 is 0. The smallest absolute Gasteiger partial charge is 0.231 e. The number of rotatable bonds is 6. The molecular weight excluding hydrogens is 164 g/mol. The number of hydrogen-bond acceptors (Lipinski definition) is 4. The van der Waals surface area contributed by atoms with E-state index in [1.807, 2.05) is 13.1 Å². The lowest BCUT2D eigenvalue weighted by Crippen LogP contribution is -2.65. The fraction of sp³-hybridized carbons (Fsp3) is 0.500. The zero-order chi connectivity index (χ0) is 8.74. The van der Waals surface area contributed by atoms with E-state index in [-0.39, 0.29) is 0 Å². The van der Waals surface area contributed by atoms with Gasteiger partial charge >= 0.3 is 0 Å². The Kier molecular flexibility index (Phi) is 4.42. The molecule has 0 aliphatic rings. The van der Waals surface area contributed by atoms with Crippen molar-refractivity contribution in [1.82, 2.24) is 21.0 Å². The van der Waals surface area contributed by atoms with Crippen molar-refractivity contribution in [3.05, 3.63) is 0 Å². The summed E-state index contributed by atoms with van der Waals surface area (Å²) < 4.78 is 0. The van der Waals surface area contributed by atoms with E-state index in [2.05, 4.69) is 21.0 Å². The predicted octanol–water partition coefficient (Wildman–Crippen LogP) is -1.81. The van der Waals surface area contributed by atoms with Crippen LogP contribution >= 0.6 is 0 Å². The molecule has 0 heterocycles. The standard InChI is InChI=1S/C4H12N4O2Si/c1-11(2,7-5-3-9)8-6-4-10/h3-4,7-8H,1-2H3,(H,5,9)(H,6,10). The molecule has 2 amide bonds. The molecule has 11 heavy (non-hydrogen) atoms. The Morgan fingerprint density at radius 1 is 1.00 bits per heavy atom. The molecule has 0 aliphatic heterocycles. The van der Waals surface area contributed by atoms with Crippen LogP contribution in [-0.4, -0.2) is 21.2 Å². The average Bonchev–Trinajstić information content (AvgIpc) is 1.97. The van der Waals surface area contributed by atoms with Gasteiger partial charge in [0.25, 0.3) is 0 Å². The fourth-order valence-corrected chi connectivity index (χ4v) is 1.35. The van der Waals surface area contributed by atoms with Crippen LogP contribution in [0.5, 0.6) is 0 Å². The molecule has 0 spiro atoms. The third-order valence-electron chi connectivity index (χ3n) is 0.887. The molecule has 64 valence electrons. The lowest BCUT2D eigenvalue weighted by molar-refractivity contribution is -0.110. The highest BCUT2D eigenvalue weighted by Crippen LogP contribution is 1.84. The van der Waals surface area contributed by atoms with Gasteiger partial charge in [0.15, 0.2) is 0 Å². The van der Waals surface area contributed by atoms with Crippen LogP contribution in [0.15, 0.2) is 0 Å². The lowest BCUT2D eigenvalue weighted by Gasteiger charge is -2.22. The van der Waals surface area contributed by atoms with E-state index < -0.39 is 8.40 Å². The predicted molar refractivity (Wildman–Crippen MR) is 42.2 cm³/mol. The molecule has 4 N–H and O–H groups in total. The summed E-state index contributed by atoms with van der Waals surface area (Å²) in [6.45, 7) is 3.75. The Hall–Kier alpha value is -0.923. The van der Waals surface area contributed by atoms with Gasteiger partial charge in [0.2, 0.25) is 21.2 Å². The Morgan fingerprint density at radius 2 is 1.36 bits per heavy atom. The molecular formula is C4H12N4O2Si. The maximum absolute atomic E-state index is 9.86. The van der Waals surface area contributed by atoms with E-state index in [1.165, 1.54) is 0 Å². The van der Waals surface area contributed by atoms with Gasteiger partial charge in [-0.3, -0.25) is 20.4 Å². The monoisotopic (exact) mass is 176 g/mol. The summed E-state index contributed by atoms with van der Waals surface area (Å²) in [6.07, 6.45) is 1.08. The minimum Gasteiger partial charge on any atom is -0.299 e. The SMILES string of the molecule is C[Si](C)(NNC=O)NNC=O. The third-order valence-corrected chi connectivity index (χ3v) is 2.43. The van der Waals surface area contributed by atoms with Crippen LogP contribution in [-0.2, 0) is 9.59 Å². The molecule has 0 bridgehead atoms. The molecule has 0 aromatic carbocycles. The summed E-state index contributed by atoms with van der Waals surface area (Å²) in [5.41, 5.74) is 4.62. The second kappa shape index (κ2) is 4.83. The first kappa shape index (κ1) is 10.1. The quantitative estimate of drug-likeness (QED) is 0.218. The first-order valence-electron chi connectivity index (χ1n) is 3.05. The number of hydrogen-bond donors (Lipinski definition) is 4. The maximum atomic E-state index is 9.86. The topological polar surface area (TPSA) is 82.3 Å². The normalized spacial score (nSPS) is 10.4. The van der Waals surface area contributed by atoms with E-state index in [0.717, 1.165) is 0 Å². The second-order valence-electron chi connectivity index (χ2n) is 2.40. The number of amides is 2. The van der Waals surface area contributed by atoms with E-state index in [0.29, 0.717) is 12.8 Å². The highest BCUT2D eigenvalue weighted by Gasteiger charge is 2.19. The van der Waals surface area contributed by atoms with Gasteiger partial charge in [-0.25, -0.2) is 10.2 Å². The summed E-state index contributed by atoms with van der Waals surface area (Å²) in [6, 6.07) is 0. The van der Waals surface area contributed by atoms with Crippen LogP contribution in [0, 0.1) is 0 Å². The zero-order valence-electron chi connectivity index (χ0n) is 6.47. The van der Waals surface area contributed by atoms with Crippen LogP contribution < -0.4 is 21.0 Å². The lowest BCUT2D eigenvalue weighted by atomic mass is 11.4. The third kappa shape index (κ3) is 5.52. The minimum absolute atomic E-state index is 0.539. The van der Waals surface area contributed by atoms with Crippen LogP contribution in [0.1, 0.15) is 0 Å². The Bertz CT molecular complexity index is 126. The van der Waals surface area contributed by atoms with Gasteiger partial charge in [0.1, 0.15) is 0 Å². The van der Waals surface area contributed by atoms with Crippen molar-refractivity contribution in [1.29, 1.82) is 0 Å². The molecule has 0 rings (SSSR count). The molecule has 0 aliphatic carbocycles. The maximum Gasteiger partial charge on any atom is 0.231 e. The van der Waals surface area contributed by atoms with Gasteiger partial charge in [-0.2, -0.15) is 0 Å². The first-order valence-corrected chi connectivity index (χ1v) is 6.05. The van der Waals surface area contributed by atoms with Crippen molar-refractivity contribution in [3.63, 3.8) is 0 Å². The Labute approximate surface area is 65.8 Å². The summed E-state index contributed by atoms with van der Waals surface area (Å²) in [7, 11) is -1.93. The summed E-state index contributed by atoms with van der Waals surface area (Å²) in [5.74, 6) is 0. The number of nitrogens with one attached hydrogen (secondary N) is 4. The van der Waals surface area contributed by atoms with Gasteiger partial charge in [-0.05, 0) is 13.1 Å². The van der Waals surface area contributed by atoms with Gasteiger partial charge < -0.3 is 0 Å². The van der Waals surface area contributed by atoms with E-state index in [1.54, 1.807) is 0 Å². The molecule has 0 fully saturated rings. The largest absolute Gasteiger partial charge is 0.299 e. The van der Waals surface area contributed by atoms with E-state index in [9.17, 15) is 9.59 Å². The average molecular weight is 176 g/mol. The molecule has 0 saturated carbocycles. The molecule has 0 aromatic rings. The van der Waals surface area contributed by atoms with Gasteiger partial charge in [-0.15, -0.1) is 0 Å². The van der Waals surface area contributed by atoms with Crippen LogP contribution in [0.2, 0.25) is 13.1 Å². The first-order chi connectivity index (χ1) is 5.12. The highest BCUT2D eigenvalue weighted by molar-refractivity contribution is 6.72. The molecule has 0 aromatic heterocycles. The fourth-order valence-electron chi connectivity index (χ4n) is 0.451. The van der Waals surface area contributed by atoms with Gasteiger partial charge in [-0.1, -0.05) is 0 Å². The number of carbonyl (C=O) groups is 2. The van der Waals surface area contributed by atoms with Crippen molar-refractivity contribution in [2.24, 2.45) is 0 Å². The minimum atomic E-state index is -1.93. The molecule has 0 saturated heterocycles. The zero-order valence-corrected chi connectivity index (χ0v) is 7.47. The molecule has 0 atom stereocenters. The Balaban J connectivity index is 3.59. The molecule has 7 heteroatoms.